The molecule has 35 heavy (non-hydrogen) atoms. The molecule has 0 amide bonds. The summed E-state index contributed by atoms with van der Waals surface area (Å²) in [6.07, 6.45) is -1.98. The molecule has 3 aromatic rings. The molecule has 1 aliphatic heterocycles. The van der Waals surface area contributed by atoms with Crippen LogP contribution in [-0.4, -0.2) is 44.5 Å². The summed E-state index contributed by atoms with van der Waals surface area (Å²) >= 11 is 0. The van der Waals surface area contributed by atoms with Crippen molar-refractivity contribution in [1.29, 1.82) is 0 Å². The van der Waals surface area contributed by atoms with E-state index in [1.165, 1.54) is 0 Å². The molecular formula is C28H32O6S. The number of sulfone groups is 1. The first-order valence-electron chi connectivity index (χ1n) is 11.9. The van der Waals surface area contributed by atoms with Gasteiger partial charge in [0.25, 0.3) is 0 Å². The summed E-state index contributed by atoms with van der Waals surface area (Å²) in [7, 11) is -3.56. The van der Waals surface area contributed by atoms with Crippen molar-refractivity contribution in [3.05, 3.63) is 108 Å². The lowest BCUT2D eigenvalue weighted by Crippen LogP contribution is -2.41. The second-order valence-electron chi connectivity index (χ2n) is 8.52. The Morgan fingerprint density at radius 2 is 1.14 bits per heavy atom. The van der Waals surface area contributed by atoms with Gasteiger partial charge in [-0.1, -0.05) is 97.9 Å². The Kier molecular flexibility index (Phi) is 9.06. The van der Waals surface area contributed by atoms with Crippen molar-refractivity contribution in [2.45, 2.75) is 50.5 Å². The molecule has 1 fully saturated rings. The zero-order valence-corrected chi connectivity index (χ0v) is 20.7. The number of hydrogen-bond acceptors (Lipinski definition) is 6. The van der Waals surface area contributed by atoms with Gasteiger partial charge in [-0.25, -0.2) is 8.42 Å². The van der Waals surface area contributed by atoms with Gasteiger partial charge in [-0.15, -0.1) is 0 Å². The van der Waals surface area contributed by atoms with Gasteiger partial charge in [0.15, 0.2) is 15.3 Å². The summed E-state index contributed by atoms with van der Waals surface area (Å²) in [5.74, 6) is -0.0497. The minimum atomic E-state index is -3.56. The lowest BCUT2D eigenvalue weighted by atomic mass is 10.1. The Morgan fingerprint density at radius 3 is 1.63 bits per heavy atom. The van der Waals surface area contributed by atoms with Crippen LogP contribution in [0.25, 0.3) is 0 Å². The van der Waals surface area contributed by atoms with Crippen LogP contribution in [0.2, 0.25) is 0 Å². The number of rotatable bonds is 12. The Hall–Kier alpha value is -2.55. The molecule has 0 bridgehead atoms. The molecule has 0 N–H and O–H groups in total. The lowest BCUT2D eigenvalue weighted by molar-refractivity contribution is -0.0896. The molecule has 1 aliphatic rings. The number of ether oxygens (including phenoxy) is 4. The molecule has 0 spiro atoms. The Morgan fingerprint density at radius 1 is 0.686 bits per heavy atom. The molecule has 1 heterocycles. The molecule has 0 aromatic heterocycles. The van der Waals surface area contributed by atoms with Gasteiger partial charge in [-0.05, 0) is 16.7 Å². The summed E-state index contributed by atoms with van der Waals surface area (Å²) in [5, 5.41) is 0. The maximum absolute atomic E-state index is 13.0. The molecule has 6 nitrogen and oxygen atoms in total. The maximum Gasteiger partial charge on any atom is 0.187 e. The highest BCUT2D eigenvalue weighted by Gasteiger charge is 2.51. The second-order valence-corrected chi connectivity index (χ2v) is 10.9. The second kappa shape index (κ2) is 12.4. The van der Waals surface area contributed by atoms with E-state index in [2.05, 4.69) is 0 Å². The Balaban J connectivity index is 1.53. The third-order valence-electron chi connectivity index (χ3n) is 5.99. The molecule has 3 aromatic carbocycles. The molecule has 1 unspecified atom stereocenters. The van der Waals surface area contributed by atoms with Gasteiger partial charge in [0.2, 0.25) is 0 Å². The first kappa shape index (κ1) is 25.5. The molecule has 4 rings (SSSR count). The van der Waals surface area contributed by atoms with Gasteiger partial charge in [0, 0.05) is 0 Å². The van der Waals surface area contributed by atoms with Crippen molar-refractivity contribution in [1.82, 2.24) is 0 Å². The summed E-state index contributed by atoms with van der Waals surface area (Å²) < 4.78 is 50.5. The Labute approximate surface area is 207 Å². The zero-order chi connectivity index (χ0) is 24.5. The van der Waals surface area contributed by atoms with Crippen molar-refractivity contribution in [3.8, 4) is 0 Å². The van der Waals surface area contributed by atoms with Gasteiger partial charge in [0.1, 0.15) is 18.3 Å². The normalized spacial score (nSPS) is 22.3. The standard InChI is InChI=1S/C28H32O6S/c1-2-35(29,30)28-27(33-20-24-16-10-5-11-17-24)26(32-19-23-14-8-4-9-15-23)25(34-28)21-31-18-22-12-6-3-7-13-22/h3-17,25-28H,2,18-21H2,1H3/t25-,26-,27-,28?/m1/s1. The van der Waals surface area contributed by atoms with Crippen molar-refractivity contribution in [2.75, 3.05) is 12.4 Å². The fraction of sp³-hybridized carbons (Fsp3) is 0.357. The van der Waals surface area contributed by atoms with Crippen LogP contribution in [-0.2, 0) is 48.6 Å². The molecular weight excluding hydrogens is 464 g/mol. The molecule has 0 saturated carbocycles. The minimum Gasteiger partial charge on any atom is -0.374 e. The smallest absolute Gasteiger partial charge is 0.187 e. The Bertz CT molecular complexity index is 1120. The monoisotopic (exact) mass is 496 g/mol. The summed E-state index contributed by atoms with van der Waals surface area (Å²) in [5.41, 5.74) is 1.84. The first-order valence-corrected chi connectivity index (χ1v) is 13.6. The molecule has 4 atom stereocenters. The van der Waals surface area contributed by atoms with Crippen LogP contribution < -0.4 is 0 Å². The van der Waals surface area contributed by atoms with E-state index in [1.807, 2.05) is 91.0 Å². The van der Waals surface area contributed by atoms with E-state index in [4.69, 9.17) is 18.9 Å². The van der Waals surface area contributed by atoms with Crippen LogP contribution in [0, 0.1) is 0 Å². The van der Waals surface area contributed by atoms with Crippen LogP contribution in [0.15, 0.2) is 91.0 Å². The summed E-state index contributed by atoms with van der Waals surface area (Å²) in [6.45, 7) is 2.77. The predicted molar refractivity (Wildman–Crippen MR) is 134 cm³/mol. The van der Waals surface area contributed by atoms with Gasteiger partial charge in [-0.2, -0.15) is 0 Å². The number of benzene rings is 3. The largest absolute Gasteiger partial charge is 0.374 e. The highest BCUT2D eigenvalue weighted by atomic mass is 32.2. The van der Waals surface area contributed by atoms with Crippen molar-refractivity contribution >= 4 is 9.84 Å². The van der Waals surface area contributed by atoms with E-state index < -0.39 is 33.6 Å². The summed E-state index contributed by atoms with van der Waals surface area (Å²) in [4.78, 5) is 0. The molecule has 7 heteroatoms. The molecule has 186 valence electrons. The molecule has 0 radical (unpaired) electrons. The van der Waals surface area contributed by atoms with Crippen LogP contribution in [0.1, 0.15) is 23.6 Å². The van der Waals surface area contributed by atoms with Crippen molar-refractivity contribution in [2.24, 2.45) is 0 Å². The third kappa shape index (κ3) is 6.99. The van der Waals surface area contributed by atoms with Crippen LogP contribution in [0.3, 0.4) is 0 Å². The van der Waals surface area contributed by atoms with E-state index >= 15 is 0 Å². The average Bonchev–Trinajstić information content (AvgIpc) is 3.26. The SMILES string of the molecule is CCS(=O)(=O)C1O[C@H](COCc2ccccc2)[C@@H](OCc2ccccc2)[C@H]1OCc1ccccc1. The van der Waals surface area contributed by atoms with Crippen LogP contribution in [0.4, 0.5) is 0 Å². The number of hydrogen-bond donors (Lipinski definition) is 0. The summed E-state index contributed by atoms with van der Waals surface area (Å²) in [6, 6.07) is 29.2. The van der Waals surface area contributed by atoms with E-state index in [1.54, 1.807) is 6.92 Å². The highest BCUT2D eigenvalue weighted by Crippen LogP contribution is 2.32. The highest BCUT2D eigenvalue weighted by molar-refractivity contribution is 7.91. The fourth-order valence-electron chi connectivity index (χ4n) is 4.06. The quantitative estimate of drug-likeness (QED) is 0.367. The predicted octanol–water partition coefficient (Wildman–Crippen LogP) is 4.53. The van der Waals surface area contributed by atoms with Crippen LogP contribution in [0.5, 0.6) is 0 Å². The molecule has 0 aliphatic carbocycles. The van der Waals surface area contributed by atoms with E-state index in [-0.39, 0.29) is 19.0 Å². The zero-order valence-electron chi connectivity index (χ0n) is 19.9. The van der Waals surface area contributed by atoms with Gasteiger partial charge >= 0.3 is 0 Å². The lowest BCUT2D eigenvalue weighted by Gasteiger charge is -2.25. The maximum atomic E-state index is 13.0. The topological polar surface area (TPSA) is 71.1 Å². The van der Waals surface area contributed by atoms with Crippen molar-refractivity contribution in [3.63, 3.8) is 0 Å². The van der Waals surface area contributed by atoms with Gasteiger partial charge in [-0.3, -0.25) is 0 Å². The fourth-order valence-corrected chi connectivity index (χ4v) is 5.34. The van der Waals surface area contributed by atoms with E-state index in [0.29, 0.717) is 13.2 Å². The van der Waals surface area contributed by atoms with Crippen molar-refractivity contribution < 1.29 is 27.4 Å². The first-order chi connectivity index (χ1) is 17.1. The van der Waals surface area contributed by atoms with Gasteiger partial charge < -0.3 is 18.9 Å². The van der Waals surface area contributed by atoms with Crippen LogP contribution >= 0.6 is 0 Å². The van der Waals surface area contributed by atoms with Gasteiger partial charge in [0.05, 0.1) is 32.2 Å². The van der Waals surface area contributed by atoms with E-state index in [9.17, 15) is 8.42 Å². The molecule has 1 saturated heterocycles. The average molecular weight is 497 g/mol. The third-order valence-corrected chi connectivity index (χ3v) is 7.88. The van der Waals surface area contributed by atoms with E-state index in [0.717, 1.165) is 16.7 Å². The minimum absolute atomic E-state index is 0.0497.